The van der Waals surface area contributed by atoms with Gasteiger partial charge < -0.3 is 14.9 Å². The van der Waals surface area contributed by atoms with Crippen molar-refractivity contribution in [2.24, 2.45) is 0 Å². The molecule has 1 amide bonds. The number of hydrogen-bond acceptors (Lipinski definition) is 5. The molecule has 2 aliphatic heterocycles. The lowest BCUT2D eigenvalue weighted by Crippen LogP contribution is -2.53. The number of aliphatic hydroxyl groups is 1. The number of hydrogen-bond donors (Lipinski definition) is 1. The van der Waals surface area contributed by atoms with E-state index in [1.54, 1.807) is 36.4 Å². The minimum Gasteiger partial charge on any atom is -0.374 e. The van der Waals surface area contributed by atoms with Crippen LogP contribution in [0, 0.1) is 5.82 Å². The molecule has 1 N–H and O–H groups in total. The Morgan fingerprint density at radius 1 is 1.17 bits per heavy atom. The highest BCUT2D eigenvalue weighted by atomic mass is 35.5. The summed E-state index contributed by atoms with van der Waals surface area (Å²) in [5.41, 5.74) is 2.56. The zero-order valence-electron chi connectivity index (χ0n) is 21.3. The molecular weight excluding hydrogens is 479 g/mol. The Morgan fingerprint density at radius 3 is 2.58 bits per heavy atom. The third kappa shape index (κ3) is 6.52. The van der Waals surface area contributed by atoms with Crippen molar-refractivity contribution in [1.29, 1.82) is 0 Å². The lowest BCUT2D eigenvalue weighted by atomic mass is 10.0. The van der Waals surface area contributed by atoms with Gasteiger partial charge in [0.05, 0.1) is 0 Å². The quantitative estimate of drug-likeness (QED) is 0.569. The molecule has 0 aromatic heterocycles. The maximum absolute atomic E-state index is 13.2. The number of piperazine rings is 1. The highest BCUT2D eigenvalue weighted by Crippen LogP contribution is 2.29. The Morgan fingerprint density at radius 2 is 1.92 bits per heavy atom. The minimum atomic E-state index is -0.780. The molecule has 1 unspecified atom stereocenters. The number of likely N-dealkylation sites (tertiary alicyclic amines) is 1. The van der Waals surface area contributed by atoms with Gasteiger partial charge in [-0.3, -0.25) is 14.6 Å². The fraction of sp³-hybridized carbons (Fsp3) is 0.464. The molecule has 6 nitrogen and oxygen atoms in total. The third-order valence-electron chi connectivity index (χ3n) is 7.32. The summed E-state index contributed by atoms with van der Waals surface area (Å²) >= 11 is 6.27. The zero-order valence-corrected chi connectivity index (χ0v) is 22.0. The van der Waals surface area contributed by atoms with E-state index in [0.29, 0.717) is 23.2 Å². The third-order valence-corrected chi connectivity index (χ3v) is 7.55. The van der Waals surface area contributed by atoms with Crippen molar-refractivity contribution in [2.45, 2.75) is 38.2 Å². The van der Waals surface area contributed by atoms with Gasteiger partial charge in [-0.1, -0.05) is 29.8 Å². The number of amides is 1. The van der Waals surface area contributed by atoms with E-state index in [1.165, 1.54) is 12.1 Å². The number of rotatable bonds is 7. The Bertz CT molecular complexity index is 1080. The summed E-state index contributed by atoms with van der Waals surface area (Å²) < 4.78 is 13.2. The van der Waals surface area contributed by atoms with Crippen molar-refractivity contribution in [2.75, 3.05) is 46.8 Å². The van der Waals surface area contributed by atoms with E-state index in [1.807, 2.05) is 11.0 Å². The highest BCUT2D eigenvalue weighted by molar-refractivity contribution is 6.30. The van der Waals surface area contributed by atoms with Crippen LogP contribution in [0.25, 0.3) is 6.08 Å². The molecule has 3 atom stereocenters. The van der Waals surface area contributed by atoms with Crippen molar-refractivity contribution in [3.05, 3.63) is 76.1 Å². The van der Waals surface area contributed by atoms with E-state index in [-0.39, 0.29) is 17.8 Å². The van der Waals surface area contributed by atoms with E-state index in [0.717, 1.165) is 50.3 Å². The molecule has 4 rings (SSSR count). The molecule has 2 fully saturated rings. The Hall–Kier alpha value is -2.29. The molecule has 2 heterocycles. The van der Waals surface area contributed by atoms with Crippen LogP contribution < -0.4 is 0 Å². The maximum Gasteiger partial charge on any atom is 0.246 e. The number of carbonyl (C=O) groups is 1. The fourth-order valence-corrected chi connectivity index (χ4v) is 5.32. The average Bonchev–Trinajstić information content (AvgIpc) is 3.35. The molecule has 0 aliphatic carbocycles. The van der Waals surface area contributed by atoms with Gasteiger partial charge in [-0.15, -0.1) is 0 Å². The fourth-order valence-electron chi connectivity index (χ4n) is 5.14. The number of carbonyl (C=O) groups excluding carboxylic acids is 1. The Balaban J connectivity index is 1.39. The smallest absolute Gasteiger partial charge is 0.246 e. The van der Waals surface area contributed by atoms with Crippen molar-refractivity contribution < 1.29 is 14.3 Å². The average molecular weight is 515 g/mol. The van der Waals surface area contributed by atoms with Gasteiger partial charge in [-0.05, 0) is 68.9 Å². The molecule has 36 heavy (non-hydrogen) atoms. The molecular formula is C28H36ClFN4O2. The molecule has 0 bridgehead atoms. The van der Waals surface area contributed by atoms with Crippen molar-refractivity contribution in [3.63, 3.8) is 0 Å². The van der Waals surface area contributed by atoms with Crippen LogP contribution in [0.2, 0.25) is 5.02 Å². The number of aliphatic hydroxyl groups excluding tert-OH is 1. The molecule has 2 saturated heterocycles. The Labute approximate surface area is 218 Å². The van der Waals surface area contributed by atoms with Gasteiger partial charge in [0.15, 0.2) is 0 Å². The zero-order chi connectivity index (χ0) is 25.8. The highest BCUT2D eigenvalue weighted by Gasteiger charge is 2.30. The van der Waals surface area contributed by atoms with Crippen LogP contribution >= 0.6 is 11.6 Å². The maximum atomic E-state index is 13.2. The monoisotopic (exact) mass is 514 g/mol. The lowest BCUT2D eigenvalue weighted by Gasteiger charge is -2.39. The summed E-state index contributed by atoms with van der Waals surface area (Å²) in [5, 5.41) is 11.7. The molecule has 2 aromatic rings. The van der Waals surface area contributed by atoms with Gasteiger partial charge >= 0.3 is 0 Å². The normalized spacial score (nSPS) is 22.6. The predicted molar refractivity (Wildman–Crippen MR) is 142 cm³/mol. The summed E-state index contributed by atoms with van der Waals surface area (Å²) in [4.78, 5) is 21.5. The van der Waals surface area contributed by atoms with Gasteiger partial charge in [0.2, 0.25) is 5.91 Å². The van der Waals surface area contributed by atoms with Crippen molar-refractivity contribution >= 4 is 23.6 Å². The summed E-state index contributed by atoms with van der Waals surface area (Å²) in [6.07, 6.45) is 3.60. The molecule has 194 valence electrons. The first-order valence-corrected chi connectivity index (χ1v) is 12.9. The molecule has 0 radical (unpaired) electrons. The van der Waals surface area contributed by atoms with Gasteiger partial charge in [0.25, 0.3) is 0 Å². The van der Waals surface area contributed by atoms with Crippen LogP contribution in [-0.4, -0.2) is 89.5 Å². The standard InChI is InChI=1S/C28H36ClFN4O2/c1-20-17-32(18-21-4-9-24(30)10-5-21)14-15-34(20)27(35)11-7-22-6-8-23(29)16-26(22)28(36)33-13-12-25(19-33)31(2)3/h4-11,16,20,25,28,36H,12-15,17-19H2,1-3H3/b11-7+/t20-,25-,28?/m1/s1. The minimum absolute atomic E-state index is 0.0480. The second kappa shape index (κ2) is 11.8. The second-order valence-electron chi connectivity index (χ2n) is 10.1. The summed E-state index contributed by atoms with van der Waals surface area (Å²) in [6.45, 7) is 6.51. The topological polar surface area (TPSA) is 50.3 Å². The Kier molecular flexibility index (Phi) is 8.80. The van der Waals surface area contributed by atoms with Crippen molar-refractivity contribution in [3.8, 4) is 0 Å². The van der Waals surface area contributed by atoms with E-state index >= 15 is 0 Å². The van der Waals surface area contributed by atoms with E-state index in [9.17, 15) is 14.3 Å². The van der Waals surface area contributed by atoms with E-state index < -0.39 is 6.23 Å². The first-order valence-electron chi connectivity index (χ1n) is 12.5. The van der Waals surface area contributed by atoms with Crippen LogP contribution in [0.1, 0.15) is 36.3 Å². The lowest BCUT2D eigenvalue weighted by molar-refractivity contribution is -0.130. The van der Waals surface area contributed by atoms with Gasteiger partial charge in [-0.2, -0.15) is 0 Å². The molecule has 2 aliphatic rings. The largest absolute Gasteiger partial charge is 0.374 e. The summed E-state index contributed by atoms with van der Waals surface area (Å²) in [6, 6.07) is 12.5. The molecule has 0 saturated carbocycles. The first-order chi connectivity index (χ1) is 17.2. The van der Waals surface area contributed by atoms with Crippen LogP contribution in [0.4, 0.5) is 4.39 Å². The predicted octanol–water partition coefficient (Wildman–Crippen LogP) is 3.85. The SMILES string of the molecule is C[C@@H]1CN(Cc2ccc(F)cc2)CCN1C(=O)/C=C/c1ccc(Cl)cc1C(O)N1CC[C@@H](N(C)C)C1. The number of halogens is 2. The van der Waals surface area contributed by atoms with E-state index in [4.69, 9.17) is 11.6 Å². The molecule has 0 spiro atoms. The van der Waals surface area contributed by atoms with Gasteiger partial charge in [-0.25, -0.2) is 4.39 Å². The second-order valence-corrected chi connectivity index (χ2v) is 10.6. The van der Waals surface area contributed by atoms with Crippen molar-refractivity contribution in [1.82, 2.24) is 19.6 Å². The summed E-state index contributed by atoms with van der Waals surface area (Å²) in [7, 11) is 4.12. The van der Waals surface area contributed by atoms with E-state index in [2.05, 4.69) is 35.7 Å². The number of likely N-dealkylation sites (N-methyl/N-ethyl adjacent to an activating group) is 1. The summed E-state index contributed by atoms with van der Waals surface area (Å²) in [5.74, 6) is -0.281. The van der Waals surface area contributed by atoms with Crippen LogP contribution in [-0.2, 0) is 11.3 Å². The van der Waals surface area contributed by atoms with Crippen LogP contribution in [0.5, 0.6) is 0 Å². The molecule has 2 aromatic carbocycles. The first kappa shape index (κ1) is 26.8. The molecule has 8 heteroatoms. The van der Waals surface area contributed by atoms with Crippen LogP contribution in [0.3, 0.4) is 0 Å². The number of nitrogens with zero attached hydrogens (tertiary/aromatic N) is 4. The van der Waals surface area contributed by atoms with Gasteiger partial charge in [0.1, 0.15) is 12.0 Å². The van der Waals surface area contributed by atoms with Crippen LogP contribution in [0.15, 0.2) is 48.5 Å². The number of benzene rings is 2. The van der Waals surface area contributed by atoms with Gasteiger partial charge in [0, 0.05) is 68.0 Å².